The lowest BCUT2D eigenvalue weighted by molar-refractivity contribution is -0.125. The van der Waals surface area contributed by atoms with Crippen LogP contribution in [0.15, 0.2) is 107 Å². The Hall–Kier alpha value is -4.07. The van der Waals surface area contributed by atoms with E-state index in [1.54, 1.807) is 11.8 Å². The molecule has 2 amide bonds. The average molecular weight is 645 g/mol. The number of nitrogens with zero attached hydrogens (tertiary/aromatic N) is 3. The highest BCUT2D eigenvalue weighted by Gasteiger charge is 2.46. The van der Waals surface area contributed by atoms with Crippen molar-refractivity contribution in [1.82, 2.24) is 15.1 Å². The minimum absolute atomic E-state index is 0.112. The molecule has 0 aliphatic carbocycles. The summed E-state index contributed by atoms with van der Waals surface area (Å²) in [7, 11) is 0. The van der Waals surface area contributed by atoms with Gasteiger partial charge in [-0.15, -0.1) is 0 Å². The van der Waals surface area contributed by atoms with Gasteiger partial charge in [0.05, 0.1) is 0 Å². The molecule has 6 nitrogen and oxygen atoms in total. The number of carbonyl (C=O) groups is 2. The zero-order valence-electron chi connectivity index (χ0n) is 27.3. The molecule has 7 rings (SSSR count). The molecule has 0 spiro atoms. The first-order valence-electron chi connectivity index (χ1n) is 17.2. The van der Waals surface area contributed by atoms with E-state index in [2.05, 4.69) is 94.0 Å². The predicted octanol–water partition coefficient (Wildman–Crippen LogP) is 6.76. The van der Waals surface area contributed by atoms with Crippen LogP contribution in [-0.2, 0) is 23.2 Å². The fourth-order valence-corrected chi connectivity index (χ4v) is 8.87. The van der Waals surface area contributed by atoms with E-state index >= 15 is 0 Å². The summed E-state index contributed by atoms with van der Waals surface area (Å²) >= 11 is 1.77. The molecule has 0 bridgehead atoms. The highest BCUT2D eigenvalue weighted by molar-refractivity contribution is 7.99. The molecule has 3 aliphatic rings. The molecule has 4 aromatic rings. The van der Waals surface area contributed by atoms with Gasteiger partial charge in [0.1, 0.15) is 5.41 Å². The number of piperazine rings is 1. The van der Waals surface area contributed by atoms with E-state index < -0.39 is 5.41 Å². The van der Waals surface area contributed by atoms with Crippen molar-refractivity contribution in [3.8, 4) is 0 Å². The number of hydrogen-bond acceptors (Lipinski definition) is 5. The zero-order chi connectivity index (χ0) is 32.2. The molecule has 4 aromatic carbocycles. The Balaban J connectivity index is 0.971. The Kier molecular flexibility index (Phi) is 9.37. The molecule has 1 fully saturated rings. The molecule has 0 atom stereocenters. The number of rotatable bonds is 10. The maximum atomic E-state index is 14.0. The van der Waals surface area contributed by atoms with Gasteiger partial charge >= 0.3 is 0 Å². The first kappa shape index (κ1) is 31.5. The van der Waals surface area contributed by atoms with Gasteiger partial charge in [0.2, 0.25) is 5.91 Å². The van der Waals surface area contributed by atoms with Crippen molar-refractivity contribution in [1.29, 1.82) is 0 Å². The highest BCUT2D eigenvalue weighted by atomic mass is 32.2. The summed E-state index contributed by atoms with van der Waals surface area (Å²) < 4.78 is 0. The summed E-state index contributed by atoms with van der Waals surface area (Å²) in [6, 6.07) is 33.7. The van der Waals surface area contributed by atoms with Crippen LogP contribution in [0.4, 0.5) is 5.69 Å². The Morgan fingerprint density at radius 2 is 1.49 bits per heavy atom. The van der Waals surface area contributed by atoms with Crippen molar-refractivity contribution in [2.45, 2.75) is 54.4 Å². The summed E-state index contributed by atoms with van der Waals surface area (Å²) in [6.45, 7) is 8.95. The number of amides is 2. The van der Waals surface area contributed by atoms with Crippen molar-refractivity contribution in [2.24, 2.45) is 0 Å². The first-order valence-corrected chi connectivity index (χ1v) is 18.0. The van der Waals surface area contributed by atoms with Crippen LogP contribution < -0.4 is 10.2 Å². The van der Waals surface area contributed by atoms with Gasteiger partial charge in [0.25, 0.3) is 5.91 Å². The van der Waals surface area contributed by atoms with Crippen molar-refractivity contribution in [2.75, 3.05) is 50.7 Å². The lowest BCUT2D eigenvalue weighted by Gasteiger charge is -2.40. The van der Waals surface area contributed by atoms with Gasteiger partial charge in [0.15, 0.2) is 0 Å². The summed E-state index contributed by atoms with van der Waals surface area (Å²) in [5.41, 5.74) is 5.93. The fourth-order valence-electron chi connectivity index (χ4n) is 7.63. The summed E-state index contributed by atoms with van der Waals surface area (Å²) in [6.07, 6.45) is 3.71. The molecule has 0 radical (unpaired) electrons. The minimum atomic E-state index is -0.673. The van der Waals surface area contributed by atoms with Crippen LogP contribution in [0.1, 0.15) is 58.8 Å². The van der Waals surface area contributed by atoms with Crippen LogP contribution in [0.5, 0.6) is 0 Å². The molecule has 7 heteroatoms. The highest BCUT2D eigenvalue weighted by Crippen LogP contribution is 2.51. The molecule has 0 unspecified atom stereocenters. The lowest BCUT2D eigenvalue weighted by atomic mass is 9.69. The second-order valence-electron chi connectivity index (χ2n) is 12.9. The van der Waals surface area contributed by atoms with Crippen molar-refractivity contribution in [3.05, 3.63) is 125 Å². The number of fused-ring (bicyclic) bond motifs is 3. The second-order valence-corrected chi connectivity index (χ2v) is 14.0. The van der Waals surface area contributed by atoms with Crippen LogP contribution in [0.3, 0.4) is 0 Å². The van der Waals surface area contributed by atoms with Crippen molar-refractivity contribution < 1.29 is 9.59 Å². The van der Waals surface area contributed by atoms with Gasteiger partial charge in [0, 0.05) is 66.9 Å². The van der Waals surface area contributed by atoms with Gasteiger partial charge in [-0.1, -0.05) is 91.0 Å². The van der Waals surface area contributed by atoms with Crippen molar-refractivity contribution >= 4 is 29.3 Å². The molecule has 0 aromatic heterocycles. The smallest absolute Gasteiger partial charge is 0.254 e. The number of hydrogen-bond donors (Lipinski definition) is 1. The molecule has 3 heterocycles. The summed E-state index contributed by atoms with van der Waals surface area (Å²) in [4.78, 5) is 36.8. The molecular weight excluding hydrogens is 601 g/mol. The van der Waals surface area contributed by atoms with Gasteiger partial charge in [-0.05, 0) is 79.3 Å². The van der Waals surface area contributed by atoms with E-state index in [9.17, 15) is 9.59 Å². The molecule has 1 saturated heterocycles. The molecule has 3 aliphatic heterocycles. The quantitative estimate of drug-likeness (QED) is 0.193. The third-order valence-electron chi connectivity index (χ3n) is 10.1. The van der Waals surface area contributed by atoms with Gasteiger partial charge < -0.3 is 15.1 Å². The van der Waals surface area contributed by atoms with Gasteiger partial charge in [-0.3, -0.25) is 14.5 Å². The van der Waals surface area contributed by atoms with E-state index in [0.29, 0.717) is 13.1 Å². The molecule has 0 saturated carbocycles. The van der Waals surface area contributed by atoms with Gasteiger partial charge in [-0.2, -0.15) is 0 Å². The maximum Gasteiger partial charge on any atom is 0.254 e. The van der Waals surface area contributed by atoms with E-state index in [1.165, 1.54) is 15.4 Å². The van der Waals surface area contributed by atoms with Crippen LogP contribution in [-0.4, -0.2) is 67.4 Å². The number of carbonyl (C=O) groups excluding carboxylic acids is 2. The third-order valence-corrected chi connectivity index (χ3v) is 11.3. The molecule has 242 valence electrons. The lowest BCUT2D eigenvalue weighted by Crippen LogP contribution is -2.48. The summed E-state index contributed by atoms with van der Waals surface area (Å²) in [5.74, 6) is 0.253. The maximum absolute atomic E-state index is 14.0. The van der Waals surface area contributed by atoms with Crippen molar-refractivity contribution in [3.63, 3.8) is 0 Å². The van der Waals surface area contributed by atoms with Gasteiger partial charge in [-0.25, -0.2) is 0 Å². The largest absolute Gasteiger partial charge is 0.369 e. The Bertz CT molecular complexity index is 1690. The first-order chi connectivity index (χ1) is 23.1. The normalized spacial score (nSPS) is 17.1. The number of anilines is 1. The number of nitrogens with one attached hydrogen (secondary N) is 1. The van der Waals surface area contributed by atoms with E-state index in [-0.39, 0.29) is 11.8 Å². The second kappa shape index (κ2) is 14.0. The Morgan fingerprint density at radius 3 is 2.19 bits per heavy atom. The third kappa shape index (κ3) is 6.31. The Morgan fingerprint density at radius 1 is 0.809 bits per heavy atom. The van der Waals surface area contributed by atoms with E-state index in [4.69, 9.17) is 0 Å². The SMILES string of the molecule is CCNC(=O)C1(CCCCN2CCN(c3ccc4c(c3)C(=O)N(Cc3ccccc3)CC4)CC2)c2ccccc2Sc2ccccc21. The summed E-state index contributed by atoms with van der Waals surface area (Å²) in [5, 5.41) is 3.20. The molecular formula is C40H44N4O2S. The van der Waals surface area contributed by atoms with Crippen LogP contribution in [0.25, 0.3) is 0 Å². The minimum Gasteiger partial charge on any atom is -0.369 e. The topological polar surface area (TPSA) is 55.9 Å². The number of unbranched alkanes of at least 4 members (excludes halogenated alkanes) is 1. The van der Waals surface area contributed by atoms with Crippen LogP contribution in [0, 0.1) is 0 Å². The van der Waals surface area contributed by atoms with Crippen LogP contribution in [0.2, 0.25) is 0 Å². The number of benzene rings is 4. The number of likely N-dealkylation sites (N-methyl/N-ethyl adjacent to an activating group) is 1. The average Bonchev–Trinajstić information content (AvgIpc) is 3.11. The fraction of sp³-hybridized carbons (Fsp3) is 0.350. The van der Waals surface area contributed by atoms with E-state index in [0.717, 1.165) is 92.9 Å². The monoisotopic (exact) mass is 644 g/mol. The molecule has 1 N–H and O–H groups in total. The predicted molar refractivity (Wildman–Crippen MR) is 190 cm³/mol. The van der Waals surface area contributed by atoms with E-state index in [1.807, 2.05) is 30.0 Å². The molecule has 47 heavy (non-hydrogen) atoms. The van der Waals surface area contributed by atoms with Crippen LogP contribution >= 0.6 is 11.8 Å². The zero-order valence-corrected chi connectivity index (χ0v) is 28.1. The standard InChI is InChI=1S/C40H44N4O2S/c1-2-41-39(46)40(34-14-6-8-16-36(34)47-37-17-9-7-15-35(37)40)21-10-11-22-42-24-26-43(27-25-42)32-19-18-31-20-23-44(38(45)33(31)28-32)29-30-12-4-3-5-13-30/h3-9,12-19,28H,2,10-11,20-27,29H2,1H3,(H,41,46). The Labute approximate surface area is 283 Å².